The molecular formula is C16H15N3O. The highest BCUT2D eigenvalue weighted by atomic mass is 16.5. The highest BCUT2D eigenvalue weighted by molar-refractivity contribution is 5.42. The number of hydrogen-bond donors (Lipinski definition) is 0. The molecule has 0 aliphatic carbocycles. The molecular weight excluding hydrogens is 250 g/mol. The molecule has 0 aromatic heterocycles. The fourth-order valence-corrected chi connectivity index (χ4v) is 1.84. The zero-order valence-corrected chi connectivity index (χ0v) is 11.3. The molecule has 20 heavy (non-hydrogen) atoms. The van der Waals surface area contributed by atoms with Crippen molar-refractivity contribution in [2.45, 2.75) is 19.8 Å². The minimum atomic E-state index is 0.495. The van der Waals surface area contributed by atoms with E-state index in [9.17, 15) is 5.21 Å². The van der Waals surface area contributed by atoms with Gasteiger partial charge in [-0.25, -0.2) is 0 Å². The van der Waals surface area contributed by atoms with Crippen LogP contribution in [0.2, 0.25) is 0 Å². The molecule has 0 aliphatic rings. The molecule has 0 aliphatic heterocycles. The van der Waals surface area contributed by atoms with Crippen LogP contribution in [0.1, 0.15) is 24.5 Å². The number of aryl methyl sites for hydroxylation is 1. The normalized spacial score (nSPS) is 11.1. The molecule has 0 bridgehead atoms. The van der Waals surface area contributed by atoms with Crippen molar-refractivity contribution in [3.63, 3.8) is 0 Å². The standard InChI is InChI=1S/C16H15N3O/c1-2-3-13-6-10-16(11-7-13)19(20)18-15-8-4-14(12-17)5-9-15/h4-11H,2-3H2,1H3. The second-order valence-electron chi connectivity index (χ2n) is 4.45. The van der Waals surface area contributed by atoms with Crippen molar-refractivity contribution < 1.29 is 4.86 Å². The molecule has 0 spiro atoms. The highest BCUT2D eigenvalue weighted by Gasteiger charge is 2.04. The van der Waals surface area contributed by atoms with Gasteiger partial charge in [-0.15, -0.1) is 0 Å². The Hall–Kier alpha value is -2.67. The summed E-state index contributed by atoms with van der Waals surface area (Å²) in [7, 11) is 0. The number of hydrogen-bond acceptors (Lipinski definition) is 3. The van der Waals surface area contributed by atoms with Crippen LogP contribution in [0.15, 0.2) is 53.6 Å². The monoisotopic (exact) mass is 265 g/mol. The van der Waals surface area contributed by atoms with Gasteiger partial charge in [-0.3, -0.25) is 0 Å². The van der Waals surface area contributed by atoms with Crippen molar-refractivity contribution in [3.05, 3.63) is 64.9 Å². The highest BCUT2D eigenvalue weighted by Crippen LogP contribution is 2.18. The third kappa shape index (κ3) is 3.42. The number of nitriles is 1. The zero-order chi connectivity index (χ0) is 14.4. The minimum Gasteiger partial charge on any atom is -0.594 e. The number of benzene rings is 2. The van der Waals surface area contributed by atoms with E-state index in [0.29, 0.717) is 21.8 Å². The predicted octanol–water partition coefficient (Wildman–Crippen LogP) is 4.44. The maximum absolute atomic E-state index is 11.9. The molecule has 0 saturated carbocycles. The molecule has 100 valence electrons. The van der Waals surface area contributed by atoms with Gasteiger partial charge in [-0.1, -0.05) is 30.3 Å². The van der Waals surface area contributed by atoms with Crippen LogP contribution in [0.3, 0.4) is 0 Å². The molecule has 0 amide bonds. The second kappa shape index (κ2) is 6.48. The first-order valence-corrected chi connectivity index (χ1v) is 6.51. The van der Waals surface area contributed by atoms with Gasteiger partial charge in [0.1, 0.15) is 5.69 Å². The van der Waals surface area contributed by atoms with Gasteiger partial charge in [0.2, 0.25) is 5.69 Å². The predicted molar refractivity (Wildman–Crippen MR) is 77.0 cm³/mol. The minimum absolute atomic E-state index is 0.495. The van der Waals surface area contributed by atoms with Crippen LogP contribution in [-0.2, 0) is 6.42 Å². The number of rotatable bonds is 4. The summed E-state index contributed by atoms with van der Waals surface area (Å²) in [4.78, 5) is 0.594. The molecule has 2 aromatic rings. The Morgan fingerprint density at radius 2 is 1.75 bits per heavy atom. The van der Waals surface area contributed by atoms with Crippen LogP contribution < -0.4 is 0 Å². The molecule has 4 heteroatoms. The average Bonchev–Trinajstić information content (AvgIpc) is 2.49. The number of azo groups is 1. The van der Waals surface area contributed by atoms with Crippen LogP contribution in [0.4, 0.5) is 11.4 Å². The lowest BCUT2D eigenvalue weighted by Gasteiger charge is -2.01. The van der Waals surface area contributed by atoms with Gasteiger partial charge >= 0.3 is 0 Å². The molecule has 0 saturated heterocycles. The summed E-state index contributed by atoms with van der Waals surface area (Å²) in [5, 5.41) is 24.6. The zero-order valence-electron chi connectivity index (χ0n) is 11.3. The molecule has 0 unspecified atom stereocenters. The number of nitrogens with zero attached hydrogens (tertiary/aromatic N) is 3. The fourth-order valence-electron chi connectivity index (χ4n) is 1.84. The Kier molecular flexibility index (Phi) is 4.46. The average molecular weight is 265 g/mol. The molecule has 4 nitrogen and oxygen atoms in total. The smallest absolute Gasteiger partial charge is 0.244 e. The quantitative estimate of drug-likeness (QED) is 0.466. The first-order chi connectivity index (χ1) is 9.72. The van der Waals surface area contributed by atoms with Crippen molar-refractivity contribution in [1.82, 2.24) is 0 Å². The van der Waals surface area contributed by atoms with E-state index in [0.717, 1.165) is 12.8 Å². The lowest BCUT2D eigenvalue weighted by molar-refractivity contribution is -0.435. The van der Waals surface area contributed by atoms with E-state index >= 15 is 0 Å². The fraction of sp³-hybridized carbons (Fsp3) is 0.188. The molecule has 2 rings (SSSR count). The van der Waals surface area contributed by atoms with Gasteiger partial charge in [0.05, 0.1) is 11.6 Å². The van der Waals surface area contributed by atoms with Crippen LogP contribution in [-0.4, -0.2) is 4.86 Å². The first kappa shape index (κ1) is 13.8. The van der Waals surface area contributed by atoms with E-state index < -0.39 is 0 Å². The summed E-state index contributed by atoms with van der Waals surface area (Å²) in [6.45, 7) is 2.12. The first-order valence-electron chi connectivity index (χ1n) is 6.51. The summed E-state index contributed by atoms with van der Waals surface area (Å²) < 4.78 is 0. The molecule has 0 radical (unpaired) electrons. The third-order valence-electron chi connectivity index (χ3n) is 2.90. The Balaban J connectivity index is 2.18. The summed E-state index contributed by atoms with van der Waals surface area (Å²) >= 11 is 0. The Labute approximate surface area is 118 Å². The van der Waals surface area contributed by atoms with Gasteiger partial charge in [-0.2, -0.15) is 5.26 Å². The van der Waals surface area contributed by atoms with E-state index in [1.165, 1.54) is 5.56 Å². The molecule has 0 heterocycles. The summed E-state index contributed by atoms with van der Waals surface area (Å²) in [6.07, 6.45) is 2.09. The van der Waals surface area contributed by atoms with Gasteiger partial charge < -0.3 is 5.21 Å². The summed E-state index contributed by atoms with van der Waals surface area (Å²) in [6, 6.07) is 16.0. The Bertz CT molecular complexity index is 637. The summed E-state index contributed by atoms with van der Waals surface area (Å²) in [5.41, 5.74) is 2.78. The van der Waals surface area contributed by atoms with Crippen molar-refractivity contribution in [3.8, 4) is 6.07 Å². The molecule has 0 N–H and O–H groups in total. The van der Waals surface area contributed by atoms with Gasteiger partial charge in [-0.05, 0) is 36.2 Å². The topological polar surface area (TPSA) is 62.2 Å². The van der Waals surface area contributed by atoms with Crippen LogP contribution >= 0.6 is 0 Å². The SMILES string of the molecule is CCCc1ccc([N+]([O-])=Nc2ccc(C#N)cc2)cc1. The van der Waals surface area contributed by atoms with Crippen molar-refractivity contribution in [2.24, 2.45) is 5.11 Å². The Morgan fingerprint density at radius 3 is 2.30 bits per heavy atom. The van der Waals surface area contributed by atoms with Crippen molar-refractivity contribution >= 4 is 11.4 Å². The van der Waals surface area contributed by atoms with E-state index in [-0.39, 0.29) is 0 Å². The van der Waals surface area contributed by atoms with Crippen LogP contribution in [0, 0.1) is 16.5 Å². The van der Waals surface area contributed by atoms with Gasteiger partial charge in [0.15, 0.2) is 0 Å². The Morgan fingerprint density at radius 1 is 1.10 bits per heavy atom. The summed E-state index contributed by atoms with van der Waals surface area (Å²) in [5.74, 6) is 0. The van der Waals surface area contributed by atoms with E-state index in [1.807, 2.05) is 18.2 Å². The van der Waals surface area contributed by atoms with Gasteiger partial charge in [0, 0.05) is 17.2 Å². The van der Waals surface area contributed by atoms with E-state index in [1.54, 1.807) is 36.4 Å². The maximum atomic E-state index is 11.9. The van der Waals surface area contributed by atoms with Crippen LogP contribution in [0.5, 0.6) is 0 Å². The van der Waals surface area contributed by atoms with Crippen LogP contribution in [0.25, 0.3) is 0 Å². The van der Waals surface area contributed by atoms with E-state index in [2.05, 4.69) is 12.0 Å². The van der Waals surface area contributed by atoms with E-state index in [4.69, 9.17) is 5.26 Å². The molecule has 0 atom stereocenters. The van der Waals surface area contributed by atoms with Crippen molar-refractivity contribution in [2.75, 3.05) is 0 Å². The molecule has 0 fully saturated rings. The maximum Gasteiger partial charge on any atom is 0.244 e. The third-order valence-corrected chi connectivity index (χ3v) is 2.90. The lowest BCUT2D eigenvalue weighted by Crippen LogP contribution is -1.91. The molecule has 2 aromatic carbocycles. The second-order valence-corrected chi connectivity index (χ2v) is 4.45. The van der Waals surface area contributed by atoms with Gasteiger partial charge in [0.25, 0.3) is 0 Å². The largest absolute Gasteiger partial charge is 0.594 e. The van der Waals surface area contributed by atoms with Crippen molar-refractivity contribution in [1.29, 1.82) is 5.26 Å². The lowest BCUT2D eigenvalue weighted by atomic mass is 10.1.